The second kappa shape index (κ2) is 6.17. The number of hydrogen-bond acceptors (Lipinski definition) is 4. The molecule has 4 nitrogen and oxygen atoms in total. The molecule has 2 atom stereocenters. The molecule has 0 spiro atoms. The van der Waals surface area contributed by atoms with Gasteiger partial charge >= 0.3 is 0 Å². The summed E-state index contributed by atoms with van der Waals surface area (Å²) >= 11 is 0. The van der Waals surface area contributed by atoms with E-state index in [0.717, 1.165) is 31.9 Å². The summed E-state index contributed by atoms with van der Waals surface area (Å²) < 4.78 is 5.41. The second-order valence-corrected chi connectivity index (χ2v) is 8.34. The Balaban J connectivity index is 1.39. The molecule has 1 aromatic rings. The standard InChI is InChI=1S/C21H29N3O/c1-20(2)17-8-9-21(20,3)19(14-17)23-22-15-16-4-6-18(7-5-16)24-10-12-25-13-11-24/h4-7,14-15,17,23H,8-13H2,1-3H3/b22-15-/t17-,21-/m1/s1. The van der Waals surface area contributed by atoms with E-state index in [1.165, 1.54) is 24.2 Å². The van der Waals surface area contributed by atoms with Gasteiger partial charge in [0, 0.05) is 29.9 Å². The van der Waals surface area contributed by atoms with Crippen LogP contribution in [0.1, 0.15) is 39.2 Å². The zero-order chi connectivity index (χ0) is 17.5. The summed E-state index contributed by atoms with van der Waals surface area (Å²) in [7, 11) is 0. The van der Waals surface area contributed by atoms with E-state index in [0.29, 0.717) is 11.3 Å². The van der Waals surface area contributed by atoms with Gasteiger partial charge in [-0.3, -0.25) is 5.43 Å². The molecule has 2 aliphatic carbocycles. The minimum absolute atomic E-state index is 0.231. The van der Waals surface area contributed by atoms with E-state index in [4.69, 9.17) is 4.74 Å². The molecule has 0 radical (unpaired) electrons. The zero-order valence-electron chi connectivity index (χ0n) is 15.6. The van der Waals surface area contributed by atoms with Crippen molar-refractivity contribution in [1.82, 2.24) is 5.43 Å². The van der Waals surface area contributed by atoms with Crippen LogP contribution in [0.4, 0.5) is 5.69 Å². The molecule has 1 aliphatic heterocycles. The van der Waals surface area contributed by atoms with Crippen molar-refractivity contribution in [2.75, 3.05) is 31.2 Å². The first-order chi connectivity index (χ1) is 12.0. The van der Waals surface area contributed by atoms with Crippen molar-refractivity contribution in [3.05, 3.63) is 41.6 Å². The first-order valence-electron chi connectivity index (χ1n) is 9.45. The number of nitrogens with one attached hydrogen (secondary N) is 1. The lowest BCUT2D eigenvalue weighted by molar-refractivity contribution is 0.122. The van der Waals surface area contributed by atoms with Gasteiger partial charge in [0.25, 0.3) is 0 Å². The highest BCUT2D eigenvalue weighted by Gasteiger charge is 2.57. The fraction of sp³-hybridized carbons (Fsp3) is 0.571. The van der Waals surface area contributed by atoms with Crippen LogP contribution < -0.4 is 10.3 Å². The van der Waals surface area contributed by atoms with Crippen LogP contribution in [0.15, 0.2) is 41.1 Å². The number of nitrogens with zero attached hydrogens (tertiary/aromatic N) is 2. The topological polar surface area (TPSA) is 36.9 Å². The number of hydrazone groups is 1. The lowest BCUT2D eigenvalue weighted by Crippen LogP contribution is -2.36. The molecule has 3 aliphatic rings. The van der Waals surface area contributed by atoms with Gasteiger partial charge < -0.3 is 9.64 Å². The lowest BCUT2D eigenvalue weighted by atomic mass is 9.69. The molecule has 134 valence electrons. The Morgan fingerprint density at radius 3 is 2.48 bits per heavy atom. The smallest absolute Gasteiger partial charge is 0.0642 e. The largest absolute Gasteiger partial charge is 0.378 e. The molecule has 1 saturated carbocycles. The fourth-order valence-corrected chi connectivity index (χ4v) is 4.62. The maximum atomic E-state index is 5.41. The lowest BCUT2D eigenvalue weighted by Gasteiger charge is -2.36. The quantitative estimate of drug-likeness (QED) is 0.670. The first-order valence-corrected chi connectivity index (χ1v) is 9.45. The van der Waals surface area contributed by atoms with Crippen LogP contribution in [0.2, 0.25) is 0 Å². The van der Waals surface area contributed by atoms with Crippen LogP contribution >= 0.6 is 0 Å². The van der Waals surface area contributed by atoms with E-state index in [-0.39, 0.29) is 5.41 Å². The van der Waals surface area contributed by atoms with Gasteiger partial charge in [0.15, 0.2) is 0 Å². The highest BCUT2D eigenvalue weighted by atomic mass is 16.5. The number of morpholine rings is 1. The van der Waals surface area contributed by atoms with Crippen LogP contribution in [-0.4, -0.2) is 32.5 Å². The molecular weight excluding hydrogens is 310 g/mol. The summed E-state index contributed by atoms with van der Waals surface area (Å²) in [5.74, 6) is 0.683. The number of anilines is 1. The zero-order valence-corrected chi connectivity index (χ0v) is 15.6. The summed E-state index contributed by atoms with van der Waals surface area (Å²) in [6, 6.07) is 8.62. The highest BCUT2D eigenvalue weighted by molar-refractivity contribution is 5.80. The monoisotopic (exact) mass is 339 g/mol. The predicted molar refractivity (Wildman–Crippen MR) is 103 cm³/mol. The van der Waals surface area contributed by atoms with Crippen molar-refractivity contribution in [3.8, 4) is 0 Å². The van der Waals surface area contributed by atoms with E-state index in [2.05, 4.69) is 66.5 Å². The molecule has 2 fully saturated rings. The first kappa shape index (κ1) is 16.6. The molecule has 25 heavy (non-hydrogen) atoms. The molecule has 1 heterocycles. The predicted octanol–water partition coefficient (Wildman–Crippen LogP) is 3.79. The maximum absolute atomic E-state index is 5.41. The molecule has 2 bridgehead atoms. The van der Waals surface area contributed by atoms with Crippen molar-refractivity contribution in [1.29, 1.82) is 0 Å². The van der Waals surface area contributed by atoms with Crippen LogP contribution in [0, 0.1) is 16.7 Å². The average Bonchev–Trinajstić information content (AvgIpc) is 2.96. The Labute approximate surface area is 150 Å². The van der Waals surface area contributed by atoms with Gasteiger partial charge in [-0.15, -0.1) is 0 Å². The molecule has 0 aromatic heterocycles. The average molecular weight is 339 g/mol. The molecule has 0 unspecified atom stereocenters. The molecule has 1 N–H and O–H groups in total. The Bertz CT molecular complexity index is 686. The number of allylic oxidation sites excluding steroid dienone is 2. The summed E-state index contributed by atoms with van der Waals surface area (Å²) in [5.41, 5.74) is 7.59. The number of hydrogen-bond donors (Lipinski definition) is 1. The fourth-order valence-electron chi connectivity index (χ4n) is 4.62. The van der Waals surface area contributed by atoms with Gasteiger partial charge in [-0.2, -0.15) is 5.10 Å². The van der Waals surface area contributed by atoms with E-state index >= 15 is 0 Å². The summed E-state index contributed by atoms with van der Waals surface area (Å²) in [5, 5.41) is 4.52. The third-order valence-corrected chi connectivity index (χ3v) is 6.93. The van der Waals surface area contributed by atoms with E-state index < -0.39 is 0 Å². The third kappa shape index (κ3) is 2.77. The molecular formula is C21H29N3O. The Hall–Kier alpha value is -1.81. The molecule has 0 amide bonds. The Morgan fingerprint density at radius 1 is 1.16 bits per heavy atom. The molecule has 4 heteroatoms. The van der Waals surface area contributed by atoms with Crippen LogP contribution in [-0.2, 0) is 4.74 Å². The van der Waals surface area contributed by atoms with Gasteiger partial charge in [0.05, 0.1) is 19.4 Å². The van der Waals surface area contributed by atoms with Gasteiger partial charge in [0.1, 0.15) is 0 Å². The van der Waals surface area contributed by atoms with Crippen LogP contribution in [0.3, 0.4) is 0 Å². The Kier molecular flexibility index (Phi) is 4.11. The van der Waals surface area contributed by atoms with Crippen LogP contribution in [0.5, 0.6) is 0 Å². The minimum Gasteiger partial charge on any atom is -0.378 e. The Morgan fingerprint density at radius 2 is 1.88 bits per heavy atom. The van der Waals surface area contributed by atoms with E-state index in [9.17, 15) is 0 Å². The van der Waals surface area contributed by atoms with Gasteiger partial charge in [-0.25, -0.2) is 0 Å². The number of fused-ring (bicyclic) bond motifs is 2. The van der Waals surface area contributed by atoms with Gasteiger partial charge in [0.2, 0.25) is 0 Å². The summed E-state index contributed by atoms with van der Waals surface area (Å²) in [6.45, 7) is 10.7. The summed E-state index contributed by atoms with van der Waals surface area (Å²) in [4.78, 5) is 2.37. The van der Waals surface area contributed by atoms with Crippen molar-refractivity contribution in [2.24, 2.45) is 21.8 Å². The molecule has 1 aromatic carbocycles. The van der Waals surface area contributed by atoms with Gasteiger partial charge in [-0.1, -0.05) is 39.0 Å². The maximum Gasteiger partial charge on any atom is 0.0642 e. The van der Waals surface area contributed by atoms with E-state index in [1.54, 1.807) is 0 Å². The normalized spacial score (nSPS) is 30.8. The number of ether oxygens (including phenoxy) is 1. The highest BCUT2D eigenvalue weighted by Crippen LogP contribution is 2.64. The summed E-state index contributed by atoms with van der Waals surface area (Å²) in [6.07, 6.45) is 6.89. The molecule has 4 rings (SSSR count). The van der Waals surface area contributed by atoms with Gasteiger partial charge in [-0.05, 0) is 41.9 Å². The number of rotatable bonds is 4. The molecule has 1 saturated heterocycles. The van der Waals surface area contributed by atoms with Crippen molar-refractivity contribution in [3.63, 3.8) is 0 Å². The SMILES string of the molecule is CC1(C)[C@H]2C=C(N/N=C\c3ccc(N4CCOCC4)cc3)[C@@]1(C)CC2. The van der Waals surface area contributed by atoms with Crippen molar-refractivity contribution >= 4 is 11.9 Å². The number of benzene rings is 1. The minimum atomic E-state index is 0.231. The van der Waals surface area contributed by atoms with Crippen molar-refractivity contribution in [2.45, 2.75) is 33.6 Å². The second-order valence-electron chi connectivity index (χ2n) is 8.34. The van der Waals surface area contributed by atoms with Crippen LogP contribution in [0.25, 0.3) is 0 Å². The van der Waals surface area contributed by atoms with E-state index in [1.807, 2.05) is 6.21 Å². The third-order valence-electron chi connectivity index (χ3n) is 6.93. The van der Waals surface area contributed by atoms with Crippen molar-refractivity contribution < 1.29 is 4.74 Å².